The molecule has 0 aliphatic heterocycles. The number of hydrogen-bond acceptors (Lipinski definition) is 2. The molecule has 0 spiro atoms. The summed E-state index contributed by atoms with van der Waals surface area (Å²) in [7, 11) is 0. The molecule has 0 saturated carbocycles. The van der Waals surface area contributed by atoms with Crippen molar-refractivity contribution in [2.75, 3.05) is 0 Å². The normalized spacial score (nSPS) is 9.33. The summed E-state index contributed by atoms with van der Waals surface area (Å²) in [5, 5.41) is 10.1. The van der Waals surface area contributed by atoms with Crippen LogP contribution in [0.15, 0.2) is 36.4 Å². The van der Waals surface area contributed by atoms with Crippen molar-refractivity contribution in [3.8, 4) is 5.88 Å². The molecule has 58 valence electrons. The molecule has 0 bridgehead atoms. The van der Waals surface area contributed by atoms with Gasteiger partial charge in [0.25, 0.3) is 0 Å². The summed E-state index contributed by atoms with van der Waals surface area (Å²) in [5.74, 6) is 0.0729. The molecular formula is C9H9BeNO. The average Bonchev–Trinajstić information content (AvgIpc) is 2.04. The third-order valence-electron chi connectivity index (χ3n) is 1.58. The van der Waals surface area contributed by atoms with Gasteiger partial charge in [0.2, 0.25) is 5.88 Å². The van der Waals surface area contributed by atoms with E-state index in [0.29, 0.717) is 0 Å². The van der Waals surface area contributed by atoms with Crippen molar-refractivity contribution in [2.45, 2.75) is 0 Å². The number of hydrogen-bond donors (Lipinski definition) is 1. The van der Waals surface area contributed by atoms with Crippen LogP contribution < -0.4 is 0 Å². The molecule has 0 atom stereocenters. The summed E-state index contributed by atoms with van der Waals surface area (Å²) < 4.78 is 0. The first kappa shape index (κ1) is 8.69. The zero-order valence-corrected chi connectivity index (χ0v) is 5.86. The van der Waals surface area contributed by atoms with Gasteiger partial charge in [0.05, 0.1) is 5.52 Å². The molecule has 1 N–H and O–H groups in total. The van der Waals surface area contributed by atoms with Crippen LogP contribution in [-0.2, 0) is 0 Å². The number of aromatic nitrogens is 1. The average molecular weight is 156 g/mol. The van der Waals surface area contributed by atoms with Crippen LogP contribution in [0.4, 0.5) is 0 Å². The number of para-hydroxylation sites is 1. The summed E-state index contributed by atoms with van der Waals surface area (Å²) in [4.78, 5) is 3.93. The van der Waals surface area contributed by atoms with E-state index in [1.54, 1.807) is 6.07 Å². The predicted octanol–water partition coefficient (Wildman–Crippen LogP) is 1.02. The van der Waals surface area contributed by atoms with Crippen LogP contribution in [0.1, 0.15) is 0 Å². The minimum atomic E-state index is 0. The number of pyridine rings is 1. The van der Waals surface area contributed by atoms with Gasteiger partial charge in [0.1, 0.15) is 0 Å². The maximum atomic E-state index is 9.02. The summed E-state index contributed by atoms with van der Waals surface area (Å²) in [6.45, 7) is 0. The van der Waals surface area contributed by atoms with Crippen molar-refractivity contribution in [1.29, 1.82) is 0 Å². The second-order valence-corrected chi connectivity index (χ2v) is 2.36. The quantitative estimate of drug-likeness (QED) is 0.578. The van der Waals surface area contributed by atoms with Crippen molar-refractivity contribution in [2.24, 2.45) is 0 Å². The van der Waals surface area contributed by atoms with Gasteiger partial charge in [-0.2, -0.15) is 0 Å². The van der Waals surface area contributed by atoms with E-state index in [-0.39, 0.29) is 16.0 Å². The first-order valence-corrected chi connectivity index (χ1v) is 3.41. The third kappa shape index (κ3) is 1.44. The van der Waals surface area contributed by atoms with Crippen LogP contribution >= 0.6 is 0 Å². The number of benzene rings is 1. The summed E-state index contributed by atoms with van der Waals surface area (Å²) in [6, 6.07) is 11.1. The van der Waals surface area contributed by atoms with Gasteiger partial charge in [-0.3, -0.25) is 0 Å². The van der Waals surface area contributed by atoms with E-state index in [0.717, 1.165) is 10.9 Å². The van der Waals surface area contributed by atoms with Gasteiger partial charge in [-0.15, -0.1) is 0 Å². The molecular weight excluding hydrogens is 147 g/mol. The van der Waals surface area contributed by atoms with Crippen LogP contribution in [0.25, 0.3) is 10.9 Å². The molecule has 1 heterocycles. The molecule has 0 amide bonds. The monoisotopic (exact) mass is 156 g/mol. The van der Waals surface area contributed by atoms with Crippen LogP contribution in [0.5, 0.6) is 5.88 Å². The molecule has 0 saturated heterocycles. The van der Waals surface area contributed by atoms with Gasteiger partial charge < -0.3 is 5.11 Å². The second-order valence-electron chi connectivity index (χ2n) is 2.36. The Kier molecular flexibility index (Phi) is 2.41. The minimum absolute atomic E-state index is 0. The standard InChI is InChI=1S/C9H7NO.Be.2H/c11-9-6-5-7-3-1-2-4-8(7)10-9;;;/h1-6H,(H,10,11);;;. The number of nitrogens with zero attached hydrogens (tertiary/aromatic N) is 1. The maximum absolute atomic E-state index is 9.02. The van der Waals surface area contributed by atoms with Crippen molar-refractivity contribution < 1.29 is 5.11 Å². The molecule has 0 radical (unpaired) electrons. The third-order valence-corrected chi connectivity index (χ3v) is 1.58. The molecule has 0 unspecified atom stereocenters. The Morgan fingerprint density at radius 2 is 1.75 bits per heavy atom. The van der Waals surface area contributed by atoms with Gasteiger partial charge in [0, 0.05) is 11.5 Å². The fourth-order valence-corrected chi connectivity index (χ4v) is 1.06. The van der Waals surface area contributed by atoms with Gasteiger partial charge in [-0.25, -0.2) is 4.98 Å². The summed E-state index contributed by atoms with van der Waals surface area (Å²) in [6.07, 6.45) is 0. The number of fused-ring (bicyclic) bond motifs is 1. The molecule has 2 nitrogen and oxygen atoms in total. The van der Waals surface area contributed by atoms with E-state index in [1.807, 2.05) is 30.3 Å². The van der Waals surface area contributed by atoms with Crippen LogP contribution in [0, 0.1) is 0 Å². The molecule has 2 rings (SSSR count). The van der Waals surface area contributed by atoms with Crippen LogP contribution in [0.2, 0.25) is 0 Å². The van der Waals surface area contributed by atoms with E-state index in [1.165, 1.54) is 0 Å². The van der Waals surface area contributed by atoms with Crippen molar-refractivity contribution in [3.05, 3.63) is 36.4 Å². The van der Waals surface area contributed by atoms with E-state index in [4.69, 9.17) is 5.11 Å². The van der Waals surface area contributed by atoms with Gasteiger partial charge in [-0.1, -0.05) is 18.2 Å². The van der Waals surface area contributed by atoms with Crippen LogP contribution in [-0.4, -0.2) is 20.2 Å². The Morgan fingerprint density at radius 1 is 1.00 bits per heavy atom. The number of aromatic hydroxyl groups is 1. The fourth-order valence-electron chi connectivity index (χ4n) is 1.06. The molecule has 0 fully saturated rings. The summed E-state index contributed by atoms with van der Waals surface area (Å²) >= 11 is 0. The van der Waals surface area contributed by atoms with Gasteiger partial charge in [0.15, 0.2) is 0 Å². The Balaban J connectivity index is 0.000000720. The van der Waals surface area contributed by atoms with E-state index in [9.17, 15) is 0 Å². The Bertz CT molecular complexity index is 389. The molecule has 0 aliphatic carbocycles. The zero-order valence-electron chi connectivity index (χ0n) is 5.86. The number of rotatable bonds is 0. The van der Waals surface area contributed by atoms with E-state index < -0.39 is 0 Å². The SMILES string of the molecule is Oc1ccc2ccccc2n1.[BeH2]. The molecule has 2 aromatic rings. The summed E-state index contributed by atoms with van der Waals surface area (Å²) in [5.41, 5.74) is 0.826. The van der Waals surface area contributed by atoms with Crippen molar-refractivity contribution in [1.82, 2.24) is 4.98 Å². The molecule has 1 aromatic carbocycles. The first-order chi connectivity index (χ1) is 5.36. The van der Waals surface area contributed by atoms with E-state index >= 15 is 0 Å². The first-order valence-electron chi connectivity index (χ1n) is 3.41. The van der Waals surface area contributed by atoms with E-state index in [2.05, 4.69) is 4.98 Å². The fraction of sp³-hybridized carbons (Fsp3) is 0. The van der Waals surface area contributed by atoms with Crippen LogP contribution in [0.3, 0.4) is 0 Å². The van der Waals surface area contributed by atoms with Gasteiger partial charge >= 0.3 is 10.1 Å². The van der Waals surface area contributed by atoms with Gasteiger partial charge in [-0.05, 0) is 12.1 Å². The van der Waals surface area contributed by atoms with Crippen molar-refractivity contribution >= 4 is 21.0 Å². The topological polar surface area (TPSA) is 33.1 Å². The Morgan fingerprint density at radius 3 is 2.58 bits per heavy atom. The zero-order chi connectivity index (χ0) is 7.68. The second kappa shape index (κ2) is 3.33. The Hall–Kier alpha value is -1.40. The van der Waals surface area contributed by atoms with Crippen molar-refractivity contribution in [3.63, 3.8) is 0 Å². The molecule has 1 aromatic heterocycles. The molecule has 12 heavy (non-hydrogen) atoms. The Labute approximate surface area is 74.1 Å². The molecule has 3 heteroatoms. The predicted molar refractivity (Wildman–Crippen MR) is 52.0 cm³/mol. The molecule has 0 aliphatic rings.